The van der Waals surface area contributed by atoms with E-state index in [9.17, 15) is 22.8 Å². The predicted octanol–water partition coefficient (Wildman–Crippen LogP) is 2.88. The Morgan fingerprint density at radius 2 is 1.74 bits per heavy atom. The van der Waals surface area contributed by atoms with Gasteiger partial charge in [-0.1, -0.05) is 26.0 Å². The molecule has 2 aliphatic carbocycles. The first kappa shape index (κ1) is 23.2. The predicted molar refractivity (Wildman–Crippen MR) is 114 cm³/mol. The quantitative estimate of drug-likeness (QED) is 0.712. The number of amides is 2. The molecule has 2 amide bonds. The molecule has 0 heterocycles. The van der Waals surface area contributed by atoms with E-state index < -0.39 is 27.8 Å². The Kier molecular flexibility index (Phi) is 5.94. The summed E-state index contributed by atoms with van der Waals surface area (Å²) in [6, 6.07) is 5.74. The van der Waals surface area contributed by atoms with Crippen LogP contribution in [-0.4, -0.2) is 37.8 Å². The van der Waals surface area contributed by atoms with E-state index in [0.29, 0.717) is 12.8 Å². The van der Waals surface area contributed by atoms with Crippen LogP contribution in [0.25, 0.3) is 0 Å². The van der Waals surface area contributed by atoms with Crippen molar-refractivity contribution >= 4 is 27.8 Å². The van der Waals surface area contributed by atoms with Crippen LogP contribution in [0.3, 0.4) is 0 Å². The average Bonchev–Trinajstić information content (AvgIpc) is 2.98. The van der Waals surface area contributed by atoms with Gasteiger partial charge in [-0.2, -0.15) is 0 Å². The van der Waals surface area contributed by atoms with Crippen LogP contribution in [0, 0.1) is 11.3 Å². The number of benzene rings is 1. The van der Waals surface area contributed by atoms with Gasteiger partial charge in [-0.3, -0.25) is 9.59 Å². The van der Waals surface area contributed by atoms with Crippen LogP contribution in [0.4, 0.5) is 4.79 Å². The normalized spacial score (nSPS) is 25.1. The molecular weight excluding hydrogens is 420 g/mol. The molecule has 9 heteroatoms. The number of carbonyl (C=O) groups is 3. The summed E-state index contributed by atoms with van der Waals surface area (Å²) in [5.74, 6) is -0.434. The molecule has 2 saturated carbocycles. The number of ketones is 1. The van der Waals surface area contributed by atoms with E-state index >= 15 is 0 Å². The SMILES string of the molecule is CC(C)(C)OC(=O)NS(=O)(=O)c1ccc([C@@H]2[C@@H](C(=O)NC3CCCC3=O)C2(C)C)cc1. The lowest BCUT2D eigenvalue weighted by atomic mass is 10.0. The van der Waals surface area contributed by atoms with Gasteiger partial charge in [0.15, 0.2) is 5.78 Å². The first-order valence-corrected chi connectivity index (χ1v) is 11.9. The Hall–Kier alpha value is -2.42. The minimum absolute atomic E-state index is 0.0712. The average molecular weight is 451 g/mol. The molecule has 0 bridgehead atoms. The molecule has 2 N–H and O–H groups in total. The highest BCUT2D eigenvalue weighted by Crippen LogP contribution is 2.64. The van der Waals surface area contributed by atoms with Gasteiger partial charge in [0.2, 0.25) is 5.91 Å². The van der Waals surface area contributed by atoms with Crippen LogP contribution in [-0.2, 0) is 24.3 Å². The van der Waals surface area contributed by atoms with Crippen LogP contribution < -0.4 is 10.0 Å². The standard InChI is InChI=1S/C22H30N2O6S/c1-21(2,3)30-20(27)24-31(28,29)14-11-9-13(10-12-14)17-18(22(17,4)5)19(26)23-15-7-6-8-16(15)25/h9-12,15,17-18H,6-8H2,1-5H3,(H,23,26)(H,24,27)/t15?,17-,18+/m1/s1. The maximum absolute atomic E-state index is 12.7. The number of hydrogen-bond acceptors (Lipinski definition) is 6. The van der Waals surface area contributed by atoms with Crippen molar-refractivity contribution < 1.29 is 27.5 Å². The minimum atomic E-state index is -4.08. The van der Waals surface area contributed by atoms with Crippen LogP contribution >= 0.6 is 0 Å². The molecule has 170 valence electrons. The fourth-order valence-electron chi connectivity index (χ4n) is 4.30. The molecule has 1 aromatic carbocycles. The second kappa shape index (κ2) is 7.93. The van der Waals surface area contributed by atoms with Crippen LogP contribution in [0.15, 0.2) is 29.2 Å². The Labute approximate surface area is 183 Å². The summed E-state index contributed by atoms with van der Waals surface area (Å²) in [6.07, 6.45) is 0.946. The van der Waals surface area contributed by atoms with E-state index in [-0.39, 0.29) is 33.8 Å². The van der Waals surface area contributed by atoms with Gasteiger partial charge >= 0.3 is 6.09 Å². The van der Waals surface area contributed by atoms with E-state index in [4.69, 9.17) is 4.74 Å². The van der Waals surface area contributed by atoms with Crippen molar-refractivity contribution in [3.05, 3.63) is 29.8 Å². The second-order valence-electron chi connectivity index (χ2n) is 9.87. The van der Waals surface area contributed by atoms with Crippen LogP contribution in [0.2, 0.25) is 0 Å². The third kappa shape index (κ3) is 5.08. The van der Waals surface area contributed by atoms with Crippen molar-refractivity contribution in [2.24, 2.45) is 11.3 Å². The Morgan fingerprint density at radius 3 is 2.26 bits per heavy atom. The number of carbonyl (C=O) groups excluding carboxylic acids is 3. The van der Waals surface area contributed by atoms with Crippen molar-refractivity contribution in [3.63, 3.8) is 0 Å². The van der Waals surface area contributed by atoms with Gasteiger partial charge in [-0.15, -0.1) is 0 Å². The largest absolute Gasteiger partial charge is 0.443 e. The molecule has 3 atom stereocenters. The molecule has 0 saturated heterocycles. The number of nitrogens with one attached hydrogen (secondary N) is 2. The molecule has 0 spiro atoms. The number of ether oxygens (including phenoxy) is 1. The van der Waals surface area contributed by atoms with Gasteiger partial charge in [0, 0.05) is 12.3 Å². The van der Waals surface area contributed by atoms with Gasteiger partial charge in [0.05, 0.1) is 16.9 Å². The highest BCUT2D eigenvalue weighted by molar-refractivity contribution is 7.90. The summed E-state index contributed by atoms with van der Waals surface area (Å²) in [7, 11) is -4.08. The molecule has 1 aromatic rings. The third-order valence-electron chi connectivity index (χ3n) is 5.90. The molecule has 2 aliphatic rings. The van der Waals surface area contributed by atoms with Gasteiger partial charge in [-0.25, -0.2) is 17.9 Å². The van der Waals surface area contributed by atoms with Gasteiger partial charge in [0.25, 0.3) is 10.0 Å². The maximum atomic E-state index is 12.7. The second-order valence-corrected chi connectivity index (χ2v) is 11.6. The van der Waals surface area contributed by atoms with Crippen LogP contribution in [0.1, 0.15) is 65.4 Å². The summed E-state index contributed by atoms with van der Waals surface area (Å²) in [5, 5.41) is 2.88. The minimum Gasteiger partial charge on any atom is -0.443 e. The van der Waals surface area contributed by atoms with E-state index in [1.165, 1.54) is 12.1 Å². The van der Waals surface area contributed by atoms with E-state index in [1.807, 2.05) is 18.6 Å². The summed E-state index contributed by atoms with van der Waals surface area (Å²) in [4.78, 5) is 36.3. The number of hydrogen-bond donors (Lipinski definition) is 2. The highest BCUT2D eigenvalue weighted by Gasteiger charge is 2.62. The molecule has 3 rings (SSSR count). The number of Topliss-reactive ketones (excluding diaryl/α,β-unsaturated/α-hetero) is 1. The molecule has 1 unspecified atom stereocenters. The monoisotopic (exact) mass is 450 g/mol. The molecule has 31 heavy (non-hydrogen) atoms. The van der Waals surface area contributed by atoms with Crippen molar-refractivity contribution in [1.29, 1.82) is 0 Å². The fourth-order valence-corrected chi connectivity index (χ4v) is 5.17. The maximum Gasteiger partial charge on any atom is 0.421 e. The van der Waals surface area contributed by atoms with E-state index in [1.54, 1.807) is 32.9 Å². The topological polar surface area (TPSA) is 119 Å². The molecule has 0 aliphatic heterocycles. The molecule has 2 fully saturated rings. The Morgan fingerprint density at radius 1 is 1.13 bits per heavy atom. The lowest BCUT2D eigenvalue weighted by molar-refractivity contribution is -0.127. The fraction of sp³-hybridized carbons (Fsp3) is 0.591. The van der Waals surface area contributed by atoms with E-state index in [2.05, 4.69) is 5.32 Å². The van der Waals surface area contributed by atoms with Gasteiger partial charge < -0.3 is 10.1 Å². The summed E-state index contributed by atoms with van der Waals surface area (Å²) >= 11 is 0. The highest BCUT2D eigenvalue weighted by atomic mass is 32.2. The van der Waals surface area contributed by atoms with Gasteiger partial charge in [-0.05, 0) is 56.7 Å². The van der Waals surface area contributed by atoms with Crippen molar-refractivity contribution in [1.82, 2.24) is 10.0 Å². The first-order chi connectivity index (χ1) is 14.2. The lowest BCUT2D eigenvalue weighted by Crippen LogP contribution is -2.39. The summed E-state index contributed by atoms with van der Waals surface area (Å²) in [5.41, 5.74) is -0.292. The first-order valence-electron chi connectivity index (χ1n) is 10.4. The number of rotatable bonds is 5. The van der Waals surface area contributed by atoms with Crippen LogP contribution in [0.5, 0.6) is 0 Å². The summed E-state index contributed by atoms with van der Waals surface area (Å²) < 4.78 is 31.8. The lowest BCUT2D eigenvalue weighted by Gasteiger charge is -2.19. The molecular formula is C22H30N2O6S. The molecule has 0 radical (unpaired) electrons. The molecule has 8 nitrogen and oxygen atoms in total. The van der Waals surface area contributed by atoms with Crippen molar-refractivity contribution in [2.45, 2.75) is 76.3 Å². The number of sulfonamides is 1. The Bertz CT molecular complexity index is 992. The van der Waals surface area contributed by atoms with Crippen molar-refractivity contribution in [2.75, 3.05) is 0 Å². The van der Waals surface area contributed by atoms with Gasteiger partial charge in [0.1, 0.15) is 5.60 Å². The smallest absolute Gasteiger partial charge is 0.421 e. The van der Waals surface area contributed by atoms with E-state index in [0.717, 1.165) is 12.0 Å². The third-order valence-corrected chi connectivity index (χ3v) is 7.23. The zero-order valence-corrected chi connectivity index (χ0v) is 19.3. The Balaban J connectivity index is 1.68. The summed E-state index contributed by atoms with van der Waals surface area (Å²) in [6.45, 7) is 8.88. The molecule has 0 aromatic heterocycles. The van der Waals surface area contributed by atoms with Crippen molar-refractivity contribution in [3.8, 4) is 0 Å². The zero-order chi connectivity index (χ0) is 23.2. The zero-order valence-electron chi connectivity index (χ0n) is 18.5.